The van der Waals surface area contributed by atoms with E-state index in [1.807, 2.05) is 62.5 Å². The minimum absolute atomic E-state index is 0.0693. The van der Waals surface area contributed by atoms with Crippen LogP contribution in [0.3, 0.4) is 0 Å². The van der Waals surface area contributed by atoms with Crippen molar-refractivity contribution >= 4 is 16.8 Å². The number of likely N-dealkylation sites (N-methyl/N-ethyl adjacent to an activating group) is 1. The molecule has 5 heteroatoms. The minimum Gasteiger partial charge on any atom is -0.338 e. The summed E-state index contributed by atoms with van der Waals surface area (Å²) < 4.78 is 0. The third-order valence-corrected chi connectivity index (χ3v) is 5.15. The van der Waals surface area contributed by atoms with Crippen LogP contribution in [0.2, 0.25) is 0 Å². The average molecular weight is 346 g/mol. The SMILES string of the molecule is Cc1nc(CN(C)C(=O)C2CC(N)c3ccccc32)nc2ccccc12. The van der Waals surface area contributed by atoms with Crippen LogP contribution in [0.1, 0.15) is 41.0 Å². The number of para-hydroxylation sites is 1. The molecule has 0 aliphatic heterocycles. The average Bonchev–Trinajstić information content (AvgIpc) is 2.98. The molecule has 1 aromatic heterocycles. The molecule has 3 aromatic rings. The van der Waals surface area contributed by atoms with E-state index < -0.39 is 0 Å². The Balaban J connectivity index is 1.57. The normalized spacial score (nSPS) is 18.7. The Labute approximate surface area is 152 Å². The summed E-state index contributed by atoms with van der Waals surface area (Å²) in [5.41, 5.74) is 10.2. The zero-order chi connectivity index (χ0) is 18.3. The van der Waals surface area contributed by atoms with Crippen molar-refractivity contribution in [2.75, 3.05) is 7.05 Å². The van der Waals surface area contributed by atoms with Crippen molar-refractivity contribution in [2.24, 2.45) is 5.73 Å². The molecule has 132 valence electrons. The van der Waals surface area contributed by atoms with Crippen molar-refractivity contribution in [1.29, 1.82) is 0 Å². The maximum Gasteiger partial charge on any atom is 0.230 e. The Morgan fingerprint density at radius 3 is 2.62 bits per heavy atom. The van der Waals surface area contributed by atoms with Gasteiger partial charge in [-0.15, -0.1) is 0 Å². The second-order valence-corrected chi connectivity index (χ2v) is 6.96. The van der Waals surface area contributed by atoms with E-state index in [2.05, 4.69) is 9.97 Å². The number of hydrogen-bond acceptors (Lipinski definition) is 4. The molecule has 0 radical (unpaired) electrons. The third kappa shape index (κ3) is 2.84. The zero-order valence-corrected chi connectivity index (χ0v) is 15.0. The van der Waals surface area contributed by atoms with Crippen molar-refractivity contribution in [1.82, 2.24) is 14.9 Å². The first-order chi connectivity index (χ1) is 12.5. The predicted octanol–water partition coefficient (Wildman–Crippen LogP) is 3.08. The Bertz CT molecular complexity index is 985. The molecule has 2 aromatic carbocycles. The van der Waals surface area contributed by atoms with Gasteiger partial charge in [0.05, 0.1) is 18.0 Å². The van der Waals surface area contributed by atoms with Crippen molar-refractivity contribution in [3.05, 3.63) is 71.2 Å². The van der Waals surface area contributed by atoms with Gasteiger partial charge in [0.1, 0.15) is 5.82 Å². The van der Waals surface area contributed by atoms with Gasteiger partial charge in [0.15, 0.2) is 0 Å². The lowest BCUT2D eigenvalue weighted by atomic mass is 10.00. The van der Waals surface area contributed by atoms with E-state index in [1.165, 1.54) is 0 Å². The molecule has 0 saturated carbocycles. The smallest absolute Gasteiger partial charge is 0.230 e. The number of amides is 1. The number of aromatic nitrogens is 2. The number of carbonyl (C=O) groups excluding carboxylic acids is 1. The first kappa shape index (κ1) is 16.7. The van der Waals surface area contributed by atoms with Crippen LogP contribution < -0.4 is 5.73 Å². The van der Waals surface area contributed by atoms with Crippen molar-refractivity contribution in [3.63, 3.8) is 0 Å². The summed E-state index contributed by atoms with van der Waals surface area (Å²) in [4.78, 5) is 23.9. The molecule has 4 rings (SSSR count). The van der Waals surface area contributed by atoms with Crippen molar-refractivity contribution in [2.45, 2.75) is 31.8 Å². The number of aryl methyl sites for hydroxylation is 1. The van der Waals surface area contributed by atoms with E-state index in [0.717, 1.165) is 27.7 Å². The van der Waals surface area contributed by atoms with Crippen LogP contribution >= 0.6 is 0 Å². The highest BCUT2D eigenvalue weighted by Crippen LogP contribution is 2.39. The van der Waals surface area contributed by atoms with E-state index in [0.29, 0.717) is 18.8 Å². The Hall–Kier alpha value is -2.79. The second kappa shape index (κ2) is 6.50. The van der Waals surface area contributed by atoms with Crippen LogP contribution in [0.5, 0.6) is 0 Å². The molecule has 0 fully saturated rings. The summed E-state index contributed by atoms with van der Waals surface area (Å²) in [5, 5.41) is 1.04. The largest absolute Gasteiger partial charge is 0.338 e. The van der Waals surface area contributed by atoms with Crippen LogP contribution in [0.15, 0.2) is 48.5 Å². The van der Waals surface area contributed by atoms with Gasteiger partial charge >= 0.3 is 0 Å². The molecule has 5 nitrogen and oxygen atoms in total. The van der Waals surface area contributed by atoms with Crippen LogP contribution in [-0.2, 0) is 11.3 Å². The number of carbonyl (C=O) groups is 1. The molecule has 1 heterocycles. The quantitative estimate of drug-likeness (QED) is 0.791. The van der Waals surface area contributed by atoms with Gasteiger partial charge in [0.25, 0.3) is 0 Å². The zero-order valence-electron chi connectivity index (χ0n) is 15.0. The van der Waals surface area contributed by atoms with Gasteiger partial charge in [-0.3, -0.25) is 4.79 Å². The van der Waals surface area contributed by atoms with Crippen LogP contribution in [-0.4, -0.2) is 27.8 Å². The fraction of sp³-hybridized carbons (Fsp3) is 0.286. The topological polar surface area (TPSA) is 72.1 Å². The summed E-state index contributed by atoms with van der Waals surface area (Å²) >= 11 is 0. The number of nitrogens with zero attached hydrogens (tertiary/aromatic N) is 3. The van der Waals surface area contributed by atoms with Gasteiger partial charge in [0, 0.05) is 24.2 Å². The first-order valence-electron chi connectivity index (χ1n) is 8.86. The lowest BCUT2D eigenvalue weighted by Crippen LogP contribution is -2.31. The van der Waals surface area contributed by atoms with Crippen LogP contribution in [0.25, 0.3) is 10.9 Å². The van der Waals surface area contributed by atoms with Crippen LogP contribution in [0.4, 0.5) is 0 Å². The summed E-state index contributed by atoms with van der Waals surface area (Å²) in [6.07, 6.45) is 0.653. The van der Waals surface area contributed by atoms with Gasteiger partial charge < -0.3 is 10.6 Å². The lowest BCUT2D eigenvalue weighted by molar-refractivity contribution is -0.132. The molecular formula is C21H22N4O. The molecule has 26 heavy (non-hydrogen) atoms. The monoisotopic (exact) mass is 346 g/mol. The lowest BCUT2D eigenvalue weighted by Gasteiger charge is -2.21. The summed E-state index contributed by atoms with van der Waals surface area (Å²) in [7, 11) is 1.81. The molecule has 2 unspecified atom stereocenters. The Kier molecular flexibility index (Phi) is 4.17. The maximum atomic E-state index is 13.0. The molecular weight excluding hydrogens is 324 g/mol. The highest BCUT2D eigenvalue weighted by Gasteiger charge is 2.34. The molecule has 1 amide bonds. The van der Waals surface area contributed by atoms with Crippen molar-refractivity contribution in [3.8, 4) is 0 Å². The predicted molar refractivity (Wildman–Crippen MR) is 101 cm³/mol. The fourth-order valence-electron chi connectivity index (χ4n) is 3.83. The van der Waals surface area contributed by atoms with Gasteiger partial charge in [0.2, 0.25) is 5.91 Å². The fourth-order valence-corrected chi connectivity index (χ4v) is 3.83. The van der Waals surface area contributed by atoms with E-state index >= 15 is 0 Å². The number of benzene rings is 2. The highest BCUT2D eigenvalue weighted by atomic mass is 16.2. The number of fused-ring (bicyclic) bond motifs is 2. The Morgan fingerprint density at radius 2 is 1.81 bits per heavy atom. The molecule has 0 bridgehead atoms. The molecule has 2 atom stereocenters. The summed E-state index contributed by atoms with van der Waals surface area (Å²) in [6, 6.07) is 15.8. The van der Waals surface area contributed by atoms with Gasteiger partial charge in [-0.25, -0.2) is 9.97 Å². The van der Waals surface area contributed by atoms with E-state index in [4.69, 9.17) is 5.73 Å². The maximum absolute atomic E-state index is 13.0. The Morgan fingerprint density at radius 1 is 1.12 bits per heavy atom. The van der Waals surface area contributed by atoms with E-state index in [1.54, 1.807) is 4.90 Å². The molecule has 0 saturated heterocycles. The summed E-state index contributed by atoms with van der Waals surface area (Å²) in [5.74, 6) is 0.542. The highest BCUT2D eigenvalue weighted by molar-refractivity contribution is 5.85. The molecule has 1 aliphatic carbocycles. The molecule has 2 N–H and O–H groups in total. The summed E-state index contributed by atoms with van der Waals surface area (Å²) in [6.45, 7) is 2.36. The molecule has 1 aliphatic rings. The van der Waals surface area contributed by atoms with Gasteiger partial charge in [-0.1, -0.05) is 42.5 Å². The van der Waals surface area contributed by atoms with E-state index in [-0.39, 0.29) is 17.9 Å². The third-order valence-electron chi connectivity index (χ3n) is 5.15. The second-order valence-electron chi connectivity index (χ2n) is 6.96. The number of nitrogens with two attached hydrogens (primary N) is 1. The van der Waals surface area contributed by atoms with Crippen LogP contribution in [0, 0.1) is 6.92 Å². The van der Waals surface area contributed by atoms with Gasteiger partial charge in [-0.2, -0.15) is 0 Å². The minimum atomic E-state index is -0.187. The van der Waals surface area contributed by atoms with Crippen molar-refractivity contribution < 1.29 is 4.79 Å². The number of hydrogen-bond donors (Lipinski definition) is 1. The standard InChI is InChI=1S/C21H22N4O/c1-13-14-7-5-6-10-19(14)24-20(23-13)12-25(2)21(26)17-11-18(22)16-9-4-3-8-15(16)17/h3-10,17-18H,11-12,22H2,1-2H3. The first-order valence-corrected chi connectivity index (χ1v) is 8.86. The van der Waals surface area contributed by atoms with Gasteiger partial charge in [-0.05, 0) is 30.5 Å². The van der Waals surface area contributed by atoms with E-state index in [9.17, 15) is 4.79 Å². The number of rotatable bonds is 3. The molecule has 0 spiro atoms.